The zero-order chi connectivity index (χ0) is 16.2. The maximum absolute atomic E-state index is 5.44. The molecule has 0 spiro atoms. The Balaban J connectivity index is 1.85. The highest BCUT2D eigenvalue weighted by Crippen LogP contribution is 2.41. The number of hydrogen-bond acceptors (Lipinski definition) is 5. The lowest BCUT2D eigenvalue weighted by Gasteiger charge is -2.17. The Morgan fingerprint density at radius 2 is 2.00 bits per heavy atom. The van der Waals surface area contributed by atoms with Crippen LogP contribution in [0, 0.1) is 6.92 Å². The Bertz CT molecular complexity index is 711. The van der Waals surface area contributed by atoms with E-state index in [4.69, 9.17) is 14.2 Å². The summed E-state index contributed by atoms with van der Waals surface area (Å²) in [6.07, 6.45) is 1.80. The van der Waals surface area contributed by atoms with Gasteiger partial charge in [-0.05, 0) is 38.1 Å². The van der Waals surface area contributed by atoms with Crippen LogP contribution in [0.1, 0.15) is 18.1 Å². The monoisotopic (exact) mass is 312 g/mol. The molecular formula is C18H20N2O3. The van der Waals surface area contributed by atoms with Gasteiger partial charge in [0.15, 0.2) is 11.5 Å². The summed E-state index contributed by atoms with van der Waals surface area (Å²) in [6, 6.07) is 12.1. The molecule has 120 valence electrons. The molecule has 0 aliphatic carbocycles. The second kappa shape index (κ2) is 6.60. The number of fused-ring (bicyclic) bond motifs is 1. The van der Waals surface area contributed by atoms with Crippen molar-refractivity contribution in [3.8, 4) is 17.2 Å². The van der Waals surface area contributed by atoms with E-state index < -0.39 is 0 Å². The van der Waals surface area contributed by atoms with Gasteiger partial charge >= 0.3 is 0 Å². The minimum absolute atomic E-state index is 0.219. The van der Waals surface area contributed by atoms with Crippen molar-refractivity contribution in [3.63, 3.8) is 0 Å². The number of methoxy groups -OCH3 is 1. The largest absolute Gasteiger partial charge is 0.493 e. The smallest absolute Gasteiger partial charge is 0.231 e. The lowest BCUT2D eigenvalue weighted by molar-refractivity contribution is 0.171. The van der Waals surface area contributed by atoms with E-state index in [1.807, 2.05) is 17.1 Å². The highest BCUT2D eigenvalue weighted by atomic mass is 16.7. The summed E-state index contributed by atoms with van der Waals surface area (Å²) in [7, 11) is 1.61. The van der Waals surface area contributed by atoms with Crippen LogP contribution >= 0.6 is 0 Å². The number of ether oxygens (including phenoxy) is 3. The van der Waals surface area contributed by atoms with Crippen molar-refractivity contribution in [3.05, 3.63) is 47.5 Å². The first-order valence-corrected chi connectivity index (χ1v) is 7.57. The Kier molecular flexibility index (Phi) is 4.37. The van der Waals surface area contributed by atoms with Crippen molar-refractivity contribution < 1.29 is 14.2 Å². The molecule has 0 unspecified atom stereocenters. The third-order valence-electron chi connectivity index (χ3n) is 3.66. The lowest BCUT2D eigenvalue weighted by atomic mass is 10.2. The van der Waals surface area contributed by atoms with E-state index in [9.17, 15) is 0 Å². The molecule has 1 aliphatic heterocycles. The van der Waals surface area contributed by atoms with E-state index in [2.05, 4.69) is 43.2 Å². The number of nitrogens with zero attached hydrogens (tertiary/aromatic N) is 2. The molecule has 0 aromatic heterocycles. The van der Waals surface area contributed by atoms with Crippen molar-refractivity contribution in [2.45, 2.75) is 13.8 Å². The fourth-order valence-electron chi connectivity index (χ4n) is 2.41. The molecule has 5 nitrogen and oxygen atoms in total. The molecule has 2 aromatic rings. The second-order valence-electron chi connectivity index (χ2n) is 5.25. The van der Waals surface area contributed by atoms with Gasteiger partial charge in [-0.1, -0.05) is 17.7 Å². The molecule has 0 amide bonds. The van der Waals surface area contributed by atoms with Crippen LogP contribution < -0.4 is 19.2 Å². The number of aryl methyl sites for hydroxylation is 1. The number of hydrogen-bond donors (Lipinski definition) is 0. The minimum atomic E-state index is 0.219. The van der Waals surface area contributed by atoms with Gasteiger partial charge in [-0.3, -0.25) is 5.01 Å². The summed E-state index contributed by atoms with van der Waals surface area (Å²) >= 11 is 0. The summed E-state index contributed by atoms with van der Waals surface area (Å²) in [4.78, 5) is 0. The van der Waals surface area contributed by atoms with Crippen LogP contribution in [0.3, 0.4) is 0 Å². The quantitative estimate of drug-likeness (QED) is 0.625. The van der Waals surface area contributed by atoms with Crippen LogP contribution in [0.25, 0.3) is 0 Å². The molecule has 0 fully saturated rings. The van der Waals surface area contributed by atoms with Gasteiger partial charge < -0.3 is 14.2 Å². The number of rotatable bonds is 5. The van der Waals surface area contributed by atoms with E-state index in [1.54, 1.807) is 13.3 Å². The zero-order valence-corrected chi connectivity index (χ0v) is 13.6. The first-order chi connectivity index (χ1) is 11.2. The summed E-state index contributed by atoms with van der Waals surface area (Å²) in [5, 5.41) is 6.51. The normalized spacial score (nSPS) is 12.7. The van der Waals surface area contributed by atoms with Crippen LogP contribution in [0.5, 0.6) is 17.2 Å². The average molecular weight is 312 g/mol. The predicted molar refractivity (Wildman–Crippen MR) is 90.9 cm³/mol. The number of benzene rings is 2. The standard InChI is InChI=1S/C18H20N2O3/c1-4-20(15-7-5-13(2)6-8-15)19-11-14-9-16(21-3)18-17(10-14)22-12-23-18/h5-11H,4,12H2,1-3H3/b19-11-. The summed E-state index contributed by atoms with van der Waals surface area (Å²) in [6.45, 7) is 5.14. The molecular weight excluding hydrogens is 292 g/mol. The van der Waals surface area contributed by atoms with Crippen LogP contribution in [0.4, 0.5) is 5.69 Å². The summed E-state index contributed by atoms with van der Waals surface area (Å²) in [5.41, 5.74) is 3.19. The van der Waals surface area contributed by atoms with E-state index in [0.717, 1.165) is 17.8 Å². The van der Waals surface area contributed by atoms with Crippen molar-refractivity contribution in [2.24, 2.45) is 5.10 Å². The predicted octanol–water partition coefficient (Wildman–Crippen LogP) is 3.59. The van der Waals surface area contributed by atoms with Gasteiger partial charge in [-0.15, -0.1) is 0 Å². The molecule has 0 N–H and O–H groups in total. The first-order valence-electron chi connectivity index (χ1n) is 7.57. The van der Waals surface area contributed by atoms with Gasteiger partial charge in [-0.25, -0.2) is 0 Å². The summed E-state index contributed by atoms with van der Waals surface area (Å²) in [5.74, 6) is 1.99. The average Bonchev–Trinajstić information content (AvgIpc) is 3.04. The fourth-order valence-corrected chi connectivity index (χ4v) is 2.41. The third kappa shape index (κ3) is 3.23. The lowest BCUT2D eigenvalue weighted by Crippen LogP contribution is -2.15. The van der Waals surface area contributed by atoms with E-state index in [1.165, 1.54) is 5.56 Å². The Morgan fingerprint density at radius 1 is 1.22 bits per heavy atom. The summed E-state index contributed by atoms with van der Waals surface area (Å²) < 4.78 is 16.2. The van der Waals surface area contributed by atoms with Crippen molar-refractivity contribution in [1.82, 2.24) is 0 Å². The van der Waals surface area contributed by atoms with Crippen molar-refractivity contribution in [2.75, 3.05) is 25.5 Å². The van der Waals surface area contributed by atoms with E-state index >= 15 is 0 Å². The fraction of sp³-hybridized carbons (Fsp3) is 0.278. The number of anilines is 1. The third-order valence-corrected chi connectivity index (χ3v) is 3.66. The van der Waals surface area contributed by atoms with Crippen LogP contribution in [0.15, 0.2) is 41.5 Å². The van der Waals surface area contributed by atoms with Gasteiger partial charge in [0.25, 0.3) is 0 Å². The molecule has 1 heterocycles. The van der Waals surface area contributed by atoms with Gasteiger partial charge in [0.2, 0.25) is 12.5 Å². The van der Waals surface area contributed by atoms with E-state index in [-0.39, 0.29) is 6.79 Å². The molecule has 1 aliphatic rings. The molecule has 5 heteroatoms. The number of hydrazone groups is 1. The minimum Gasteiger partial charge on any atom is -0.493 e. The Morgan fingerprint density at radius 3 is 2.70 bits per heavy atom. The van der Waals surface area contributed by atoms with Crippen LogP contribution in [0.2, 0.25) is 0 Å². The molecule has 0 saturated carbocycles. The maximum atomic E-state index is 5.44. The SMILES string of the molecule is CCN(/N=C\c1cc(OC)c2c(c1)OCO2)c1ccc(C)cc1. The van der Waals surface area contributed by atoms with Crippen molar-refractivity contribution in [1.29, 1.82) is 0 Å². The Hall–Kier alpha value is -2.69. The topological polar surface area (TPSA) is 43.3 Å². The van der Waals surface area contributed by atoms with E-state index in [0.29, 0.717) is 17.2 Å². The maximum Gasteiger partial charge on any atom is 0.231 e. The molecule has 0 atom stereocenters. The second-order valence-corrected chi connectivity index (χ2v) is 5.25. The highest BCUT2D eigenvalue weighted by molar-refractivity contribution is 5.83. The zero-order valence-electron chi connectivity index (χ0n) is 13.6. The first kappa shape index (κ1) is 15.2. The molecule has 0 radical (unpaired) electrons. The van der Waals surface area contributed by atoms with Gasteiger partial charge in [0.05, 0.1) is 19.0 Å². The van der Waals surface area contributed by atoms with Gasteiger partial charge in [0, 0.05) is 12.1 Å². The molecule has 23 heavy (non-hydrogen) atoms. The molecule has 0 bridgehead atoms. The van der Waals surface area contributed by atoms with Gasteiger partial charge in [-0.2, -0.15) is 5.10 Å². The molecule has 2 aromatic carbocycles. The van der Waals surface area contributed by atoms with Gasteiger partial charge in [0.1, 0.15) is 0 Å². The van der Waals surface area contributed by atoms with Crippen LogP contribution in [-0.2, 0) is 0 Å². The molecule has 3 rings (SSSR count). The van der Waals surface area contributed by atoms with Crippen LogP contribution in [-0.4, -0.2) is 26.7 Å². The van der Waals surface area contributed by atoms with Crippen molar-refractivity contribution >= 4 is 11.9 Å². The highest BCUT2D eigenvalue weighted by Gasteiger charge is 2.19. The Labute approximate surface area is 136 Å². The molecule has 0 saturated heterocycles.